The van der Waals surface area contributed by atoms with Gasteiger partial charge in [-0.05, 0) is 12.5 Å². The van der Waals surface area contributed by atoms with E-state index in [1.165, 1.54) is 4.68 Å². The van der Waals surface area contributed by atoms with Crippen LogP contribution in [0.25, 0.3) is 0 Å². The van der Waals surface area contributed by atoms with Gasteiger partial charge in [0.25, 0.3) is 0 Å². The number of nitrogens with zero attached hydrogens (tertiary/aromatic N) is 2. The predicted octanol–water partition coefficient (Wildman–Crippen LogP) is -0.478. The van der Waals surface area contributed by atoms with Gasteiger partial charge >= 0.3 is 0 Å². The quantitative estimate of drug-likeness (QED) is 0.688. The Bertz CT molecular complexity index is 437. The smallest absolute Gasteiger partial charge is 0.155 e. The molecule has 2 heterocycles. The van der Waals surface area contributed by atoms with Crippen molar-refractivity contribution in [1.29, 1.82) is 0 Å². The van der Waals surface area contributed by atoms with Crippen LogP contribution in [0.5, 0.6) is 0 Å². The van der Waals surface area contributed by atoms with E-state index in [4.69, 9.17) is 0 Å². The van der Waals surface area contributed by atoms with Crippen molar-refractivity contribution in [2.24, 2.45) is 0 Å². The second-order valence-corrected chi connectivity index (χ2v) is 5.86. The van der Waals surface area contributed by atoms with Gasteiger partial charge in [0.2, 0.25) is 0 Å². The Morgan fingerprint density at radius 2 is 2.29 bits per heavy atom. The highest BCUT2D eigenvalue weighted by atomic mass is 32.2. The molecule has 0 bridgehead atoms. The Hall–Kier alpha value is -0.880. The predicted molar refractivity (Wildman–Crippen MR) is 50.7 cm³/mol. The van der Waals surface area contributed by atoms with E-state index in [0.29, 0.717) is 0 Å². The van der Waals surface area contributed by atoms with E-state index in [-0.39, 0.29) is 11.5 Å². The fourth-order valence-corrected chi connectivity index (χ4v) is 3.45. The fourth-order valence-electron chi connectivity index (χ4n) is 1.68. The molecule has 1 aliphatic rings. The van der Waals surface area contributed by atoms with Gasteiger partial charge in [-0.1, -0.05) is 0 Å². The highest BCUT2D eigenvalue weighted by molar-refractivity contribution is 7.91. The Kier molecular flexibility index (Phi) is 2.11. The Balaban J connectivity index is 2.29. The van der Waals surface area contributed by atoms with E-state index in [2.05, 4.69) is 5.10 Å². The first-order valence-corrected chi connectivity index (χ1v) is 6.19. The molecule has 1 saturated heterocycles. The molecule has 1 unspecified atom stereocenters. The van der Waals surface area contributed by atoms with Crippen LogP contribution in [0.3, 0.4) is 0 Å². The third-order valence-corrected chi connectivity index (χ3v) is 4.06. The van der Waals surface area contributed by atoms with Crippen LogP contribution >= 0.6 is 0 Å². The van der Waals surface area contributed by atoms with Gasteiger partial charge in [-0.2, -0.15) is 5.10 Å². The van der Waals surface area contributed by atoms with Gasteiger partial charge in [0.15, 0.2) is 9.84 Å². The second kappa shape index (κ2) is 3.06. The number of rotatable bonds is 1. The van der Waals surface area contributed by atoms with Gasteiger partial charge in [-0.25, -0.2) is 8.42 Å². The van der Waals surface area contributed by atoms with Crippen molar-refractivity contribution in [2.75, 3.05) is 11.5 Å². The number of aromatic nitrogens is 2. The molecule has 78 valence electrons. The average Bonchev–Trinajstić information content (AvgIpc) is 2.55. The fraction of sp³-hybridized carbons (Fsp3) is 0.625. The number of hydrogen-bond acceptors (Lipinski definition) is 4. The summed E-state index contributed by atoms with van der Waals surface area (Å²) in [4.78, 5) is 0. The van der Waals surface area contributed by atoms with Crippen LogP contribution in [0.4, 0.5) is 0 Å². The first-order valence-electron chi connectivity index (χ1n) is 4.37. The van der Waals surface area contributed by atoms with Crippen LogP contribution in [0.15, 0.2) is 12.4 Å². The molecular formula is C8H12N2O3S. The highest BCUT2D eigenvalue weighted by Gasteiger charge is 2.37. The van der Waals surface area contributed by atoms with Crippen LogP contribution in [-0.2, 0) is 9.84 Å². The maximum atomic E-state index is 11.2. The molecule has 6 heteroatoms. The van der Waals surface area contributed by atoms with E-state index in [1.807, 2.05) is 6.92 Å². The van der Waals surface area contributed by atoms with Crippen LogP contribution in [0.2, 0.25) is 0 Å². The SMILES string of the molecule is Cc1cnn(C2CS(=O)(=O)C[C@H]2O)c1. The molecule has 1 fully saturated rings. The second-order valence-electron chi connectivity index (χ2n) is 3.71. The normalized spacial score (nSPS) is 30.7. The minimum Gasteiger partial charge on any atom is -0.390 e. The topological polar surface area (TPSA) is 72.2 Å². The Labute approximate surface area is 82.3 Å². The third kappa shape index (κ3) is 1.67. The zero-order valence-corrected chi connectivity index (χ0v) is 8.61. The lowest BCUT2D eigenvalue weighted by Gasteiger charge is -2.12. The molecule has 0 radical (unpaired) electrons. The first-order chi connectivity index (χ1) is 6.48. The van der Waals surface area contributed by atoms with Crippen LogP contribution in [0.1, 0.15) is 11.6 Å². The van der Waals surface area contributed by atoms with Gasteiger partial charge in [-0.3, -0.25) is 4.68 Å². The van der Waals surface area contributed by atoms with E-state index in [9.17, 15) is 13.5 Å². The molecule has 14 heavy (non-hydrogen) atoms. The lowest BCUT2D eigenvalue weighted by Crippen LogP contribution is -2.22. The highest BCUT2D eigenvalue weighted by Crippen LogP contribution is 2.23. The summed E-state index contributed by atoms with van der Waals surface area (Å²) < 4.78 is 24.0. The molecule has 5 nitrogen and oxygen atoms in total. The van der Waals surface area contributed by atoms with Crippen molar-refractivity contribution >= 4 is 9.84 Å². The van der Waals surface area contributed by atoms with Crippen molar-refractivity contribution in [3.8, 4) is 0 Å². The van der Waals surface area contributed by atoms with E-state index >= 15 is 0 Å². The van der Waals surface area contributed by atoms with Crippen molar-refractivity contribution in [3.63, 3.8) is 0 Å². The van der Waals surface area contributed by atoms with E-state index in [1.54, 1.807) is 12.4 Å². The molecule has 0 spiro atoms. The van der Waals surface area contributed by atoms with Gasteiger partial charge in [0.1, 0.15) is 0 Å². The largest absolute Gasteiger partial charge is 0.390 e. The molecule has 0 aromatic carbocycles. The summed E-state index contributed by atoms with van der Waals surface area (Å²) in [7, 11) is -3.09. The molecule has 0 saturated carbocycles. The Morgan fingerprint density at radius 1 is 1.57 bits per heavy atom. The molecule has 0 aliphatic carbocycles. The summed E-state index contributed by atoms with van der Waals surface area (Å²) in [5.41, 5.74) is 0.960. The zero-order chi connectivity index (χ0) is 10.3. The van der Waals surface area contributed by atoms with Gasteiger partial charge in [0.05, 0.1) is 29.8 Å². The van der Waals surface area contributed by atoms with Gasteiger partial charge in [0, 0.05) is 6.20 Å². The van der Waals surface area contributed by atoms with Crippen LogP contribution in [-0.4, -0.2) is 40.9 Å². The summed E-state index contributed by atoms with van der Waals surface area (Å²) in [6.45, 7) is 1.87. The van der Waals surface area contributed by atoms with E-state index in [0.717, 1.165) is 5.56 Å². The van der Waals surface area contributed by atoms with Crippen LogP contribution < -0.4 is 0 Å². The maximum Gasteiger partial charge on any atom is 0.155 e. The van der Waals surface area contributed by atoms with Crippen molar-refractivity contribution < 1.29 is 13.5 Å². The first kappa shape index (κ1) is 9.67. The Morgan fingerprint density at radius 3 is 2.71 bits per heavy atom. The molecule has 1 aliphatic heterocycles. The minimum atomic E-state index is -3.09. The minimum absolute atomic E-state index is 0.0186. The van der Waals surface area contributed by atoms with Gasteiger partial charge in [-0.15, -0.1) is 0 Å². The number of aryl methyl sites for hydroxylation is 1. The average molecular weight is 216 g/mol. The van der Waals surface area contributed by atoms with Crippen molar-refractivity contribution in [2.45, 2.75) is 19.1 Å². The summed E-state index contributed by atoms with van der Waals surface area (Å²) in [5, 5.41) is 13.6. The molecule has 0 amide bonds. The monoisotopic (exact) mass is 216 g/mol. The molecular weight excluding hydrogens is 204 g/mol. The summed E-state index contributed by atoms with van der Waals surface area (Å²) in [5.74, 6) is -0.175. The molecule has 1 aromatic heterocycles. The standard InChI is InChI=1S/C8H12N2O3S/c1-6-2-9-10(3-6)7-4-14(12,13)5-8(7)11/h2-3,7-8,11H,4-5H2,1H3/t7?,8-/m1/s1. The molecule has 2 atom stereocenters. The number of aliphatic hydroxyl groups excluding tert-OH is 1. The maximum absolute atomic E-state index is 11.2. The number of aliphatic hydroxyl groups is 1. The number of hydrogen-bond donors (Lipinski definition) is 1. The summed E-state index contributed by atoms with van der Waals surface area (Å²) in [6, 6.07) is -0.423. The molecule has 1 aromatic rings. The third-order valence-electron chi connectivity index (χ3n) is 2.36. The molecule has 1 N–H and O–H groups in total. The summed E-state index contributed by atoms with van der Waals surface area (Å²) >= 11 is 0. The zero-order valence-electron chi connectivity index (χ0n) is 7.79. The van der Waals surface area contributed by atoms with E-state index < -0.39 is 22.0 Å². The van der Waals surface area contributed by atoms with Crippen LogP contribution in [0, 0.1) is 6.92 Å². The lowest BCUT2D eigenvalue weighted by molar-refractivity contribution is 0.146. The van der Waals surface area contributed by atoms with Crippen molar-refractivity contribution in [1.82, 2.24) is 9.78 Å². The van der Waals surface area contributed by atoms with Gasteiger partial charge < -0.3 is 5.11 Å². The number of sulfone groups is 1. The van der Waals surface area contributed by atoms with Crippen molar-refractivity contribution in [3.05, 3.63) is 18.0 Å². The lowest BCUT2D eigenvalue weighted by atomic mass is 10.2. The molecule has 2 rings (SSSR count). The summed E-state index contributed by atoms with van der Waals surface area (Å²) in [6.07, 6.45) is 2.56.